The molecule has 1 aromatic rings. The highest BCUT2D eigenvalue weighted by Crippen LogP contribution is 2.36. The van der Waals surface area contributed by atoms with Crippen molar-refractivity contribution in [3.8, 4) is 0 Å². The van der Waals surface area contributed by atoms with E-state index in [0.717, 1.165) is 0 Å². The lowest BCUT2D eigenvalue weighted by Crippen LogP contribution is -2.64. The van der Waals surface area contributed by atoms with Gasteiger partial charge in [-0.1, -0.05) is 32.0 Å². The van der Waals surface area contributed by atoms with E-state index in [1.807, 2.05) is 0 Å². The zero-order chi connectivity index (χ0) is 19.5. The maximum Gasteiger partial charge on any atom is 0.338 e. The van der Waals surface area contributed by atoms with Gasteiger partial charge in [0, 0.05) is 6.92 Å². The Morgan fingerprint density at radius 2 is 1.88 bits per heavy atom. The molecule has 0 saturated carbocycles. The molecule has 142 valence electrons. The summed E-state index contributed by atoms with van der Waals surface area (Å²) in [5, 5.41) is 12.9. The number of hydrogen-bond acceptors (Lipinski definition) is 6. The van der Waals surface area contributed by atoms with Gasteiger partial charge in [0.15, 0.2) is 0 Å². The van der Waals surface area contributed by atoms with Gasteiger partial charge < -0.3 is 19.9 Å². The summed E-state index contributed by atoms with van der Waals surface area (Å²) in [6.07, 6.45) is -1.84. The van der Waals surface area contributed by atoms with E-state index in [-0.39, 0.29) is 11.8 Å². The quantitative estimate of drug-likeness (QED) is 0.739. The lowest BCUT2D eigenvalue weighted by molar-refractivity contribution is -0.158. The normalized spacial score (nSPS) is 26.3. The molecule has 1 saturated heterocycles. The number of rotatable bonds is 6. The molecule has 0 radical (unpaired) electrons. The first-order valence-corrected chi connectivity index (χ1v) is 8.59. The maximum absolute atomic E-state index is 12.5. The van der Waals surface area contributed by atoms with Crippen LogP contribution in [0.4, 0.5) is 0 Å². The zero-order valence-corrected chi connectivity index (χ0v) is 15.4. The minimum Gasteiger partial charge on any atom is -0.459 e. The number of benzene rings is 1. The smallest absolute Gasteiger partial charge is 0.338 e. The highest BCUT2D eigenvalue weighted by molar-refractivity contribution is 5.90. The Morgan fingerprint density at radius 1 is 1.27 bits per heavy atom. The minimum absolute atomic E-state index is 0.251. The van der Waals surface area contributed by atoms with Gasteiger partial charge in [-0.3, -0.25) is 9.59 Å². The fourth-order valence-electron chi connectivity index (χ4n) is 3.43. The molecule has 2 rings (SSSR count). The topological polar surface area (TPSA) is 102 Å². The molecule has 0 unspecified atom stereocenters. The molecule has 1 heterocycles. The summed E-state index contributed by atoms with van der Waals surface area (Å²) >= 11 is 0. The van der Waals surface area contributed by atoms with E-state index >= 15 is 0 Å². The van der Waals surface area contributed by atoms with Crippen LogP contribution in [-0.2, 0) is 19.1 Å². The van der Waals surface area contributed by atoms with E-state index in [2.05, 4.69) is 5.32 Å². The Bertz CT molecular complexity index is 674. The van der Waals surface area contributed by atoms with Gasteiger partial charge in [-0.05, 0) is 25.0 Å². The molecule has 1 aliphatic heterocycles. The zero-order valence-electron chi connectivity index (χ0n) is 15.4. The summed E-state index contributed by atoms with van der Waals surface area (Å²) in [5.74, 6) is -2.45. The monoisotopic (exact) mass is 363 g/mol. The third-order valence-corrected chi connectivity index (χ3v) is 4.64. The van der Waals surface area contributed by atoms with Crippen molar-refractivity contribution in [2.24, 2.45) is 11.8 Å². The Balaban J connectivity index is 2.39. The number of carbonyl (C=O) groups is 3. The molecule has 26 heavy (non-hydrogen) atoms. The van der Waals surface area contributed by atoms with Gasteiger partial charge in [0.05, 0.1) is 18.1 Å². The second-order valence-electron chi connectivity index (χ2n) is 6.94. The van der Waals surface area contributed by atoms with Crippen molar-refractivity contribution in [2.75, 3.05) is 6.61 Å². The number of carbonyl (C=O) groups excluding carboxylic acids is 3. The maximum atomic E-state index is 12.5. The summed E-state index contributed by atoms with van der Waals surface area (Å²) in [4.78, 5) is 36.4. The third-order valence-electron chi connectivity index (χ3n) is 4.64. The Hall–Kier alpha value is -2.41. The summed E-state index contributed by atoms with van der Waals surface area (Å²) in [7, 11) is 0. The number of esters is 2. The molecule has 1 fully saturated rings. The minimum atomic E-state index is -1.40. The summed E-state index contributed by atoms with van der Waals surface area (Å²) < 4.78 is 11.0. The predicted octanol–water partition coefficient (Wildman–Crippen LogP) is 1.30. The molecule has 0 aliphatic carbocycles. The van der Waals surface area contributed by atoms with E-state index in [0.29, 0.717) is 5.56 Å². The number of aliphatic hydroxyl groups is 1. The van der Waals surface area contributed by atoms with Crippen LogP contribution in [0.5, 0.6) is 0 Å². The molecule has 7 nitrogen and oxygen atoms in total. The van der Waals surface area contributed by atoms with Gasteiger partial charge in [0.2, 0.25) is 5.91 Å². The average Bonchev–Trinajstić information content (AvgIpc) is 2.84. The van der Waals surface area contributed by atoms with E-state index in [1.165, 1.54) is 6.92 Å². The van der Waals surface area contributed by atoms with Gasteiger partial charge in [-0.2, -0.15) is 0 Å². The van der Waals surface area contributed by atoms with Crippen LogP contribution < -0.4 is 5.32 Å². The van der Waals surface area contributed by atoms with Crippen LogP contribution in [0.2, 0.25) is 0 Å². The highest BCUT2D eigenvalue weighted by Gasteiger charge is 2.59. The fraction of sp³-hybridized carbons (Fsp3) is 0.526. The average molecular weight is 363 g/mol. The Kier molecular flexibility index (Phi) is 6.02. The first-order valence-electron chi connectivity index (χ1n) is 8.59. The van der Waals surface area contributed by atoms with Crippen LogP contribution in [0.1, 0.15) is 38.1 Å². The van der Waals surface area contributed by atoms with Crippen molar-refractivity contribution in [1.82, 2.24) is 5.32 Å². The van der Waals surface area contributed by atoms with Crippen LogP contribution in [0.15, 0.2) is 30.3 Å². The van der Waals surface area contributed by atoms with Crippen molar-refractivity contribution in [3.05, 3.63) is 35.9 Å². The Morgan fingerprint density at radius 3 is 2.38 bits per heavy atom. The van der Waals surface area contributed by atoms with Gasteiger partial charge in [-0.25, -0.2) is 4.79 Å². The number of amides is 1. The lowest BCUT2D eigenvalue weighted by Gasteiger charge is -2.41. The molecule has 0 aromatic heterocycles. The molecule has 0 spiro atoms. The SMILES string of the molecule is CC(=O)O[C@H]1[C@H](C)C(=O)N[C@]1(CO)[C@@H](OC(=O)c1ccccc1)C(C)C. The second kappa shape index (κ2) is 7.86. The summed E-state index contributed by atoms with van der Waals surface area (Å²) in [6.45, 7) is 5.92. The molecule has 7 heteroatoms. The van der Waals surface area contributed by atoms with Crippen molar-refractivity contribution in [2.45, 2.75) is 45.4 Å². The van der Waals surface area contributed by atoms with E-state index in [1.54, 1.807) is 51.1 Å². The first kappa shape index (κ1) is 19.9. The predicted molar refractivity (Wildman–Crippen MR) is 93.2 cm³/mol. The number of aliphatic hydroxyl groups excluding tert-OH is 1. The number of hydrogen-bond donors (Lipinski definition) is 2. The summed E-state index contributed by atoms with van der Waals surface area (Å²) in [6, 6.07) is 8.44. The van der Waals surface area contributed by atoms with Crippen LogP contribution >= 0.6 is 0 Å². The van der Waals surface area contributed by atoms with Crippen LogP contribution in [-0.4, -0.2) is 47.3 Å². The van der Waals surface area contributed by atoms with E-state index < -0.39 is 42.2 Å². The largest absolute Gasteiger partial charge is 0.459 e. The molecule has 0 bridgehead atoms. The molecular formula is C19H25NO6. The standard InChI is InChI=1S/C19H25NO6/c1-11(2)15(26-18(24)14-8-6-5-7-9-14)19(10-21)16(25-13(4)22)12(3)17(23)20-19/h5-9,11-12,15-16,21H,10H2,1-4H3,(H,20,23)/t12-,15-,16-,19+/m0/s1. The van der Waals surface area contributed by atoms with Crippen molar-refractivity contribution < 1.29 is 29.0 Å². The van der Waals surface area contributed by atoms with E-state index in [9.17, 15) is 19.5 Å². The fourth-order valence-corrected chi connectivity index (χ4v) is 3.43. The van der Waals surface area contributed by atoms with Crippen LogP contribution in [0.3, 0.4) is 0 Å². The molecule has 1 aromatic carbocycles. The number of nitrogens with one attached hydrogen (secondary N) is 1. The highest BCUT2D eigenvalue weighted by atomic mass is 16.6. The molecular weight excluding hydrogens is 338 g/mol. The van der Waals surface area contributed by atoms with Gasteiger partial charge in [0.25, 0.3) is 0 Å². The second-order valence-corrected chi connectivity index (χ2v) is 6.94. The van der Waals surface area contributed by atoms with Crippen LogP contribution in [0, 0.1) is 11.8 Å². The third kappa shape index (κ3) is 3.72. The first-order chi connectivity index (χ1) is 12.2. The van der Waals surface area contributed by atoms with E-state index in [4.69, 9.17) is 9.47 Å². The molecule has 1 amide bonds. The summed E-state index contributed by atoms with van der Waals surface area (Å²) in [5.41, 5.74) is -1.05. The number of ether oxygens (including phenoxy) is 2. The molecule has 4 atom stereocenters. The van der Waals surface area contributed by atoms with Gasteiger partial charge in [-0.15, -0.1) is 0 Å². The van der Waals surface area contributed by atoms with Crippen LogP contribution in [0.25, 0.3) is 0 Å². The lowest BCUT2D eigenvalue weighted by atomic mass is 9.80. The van der Waals surface area contributed by atoms with Crippen molar-refractivity contribution in [3.63, 3.8) is 0 Å². The van der Waals surface area contributed by atoms with Crippen molar-refractivity contribution >= 4 is 17.8 Å². The van der Waals surface area contributed by atoms with Gasteiger partial charge in [0.1, 0.15) is 17.7 Å². The molecule has 2 N–H and O–H groups in total. The molecule has 1 aliphatic rings. The van der Waals surface area contributed by atoms with Gasteiger partial charge >= 0.3 is 11.9 Å². The Labute approximate surface area is 152 Å². The van der Waals surface area contributed by atoms with Crippen molar-refractivity contribution in [1.29, 1.82) is 0 Å².